The maximum Gasteiger partial charge on any atom is 0.175 e. The van der Waals surface area contributed by atoms with Crippen LogP contribution < -0.4 is 0 Å². The number of phenolic OH excluding ortho intramolecular Hbond substituents is 2. The highest BCUT2D eigenvalue weighted by Crippen LogP contribution is 2.40. The van der Waals surface area contributed by atoms with Crippen LogP contribution in [0.25, 0.3) is 0 Å². The third-order valence-electron chi connectivity index (χ3n) is 2.94. The van der Waals surface area contributed by atoms with Crippen molar-refractivity contribution in [1.29, 1.82) is 10.5 Å². The second kappa shape index (κ2) is 4.19. The number of rotatable bonds is 1. The summed E-state index contributed by atoms with van der Waals surface area (Å²) in [6.45, 7) is 0. The Morgan fingerprint density at radius 3 is 2.53 bits per heavy atom. The summed E-state index contributed by atoms with van der Waals surface area (Å²) < 4.78 is 0. The van der Waals surface area contributed by atoms with Gasteiger partial charge in [-0.25, -0.2) is 0 Å². The number of aromatic hydroxyl groups is 2. The molecule has 1 aromatic carbocycles. The van der Waals surface area contributed by atoms with Gasteiger partial charge in [0.05, 0.1) is 11.6 Å². The lowest BCUT2D eigenvalue weighted by atomic mass is 9.89. The molecule has 0 fully saturated rings. The van der Waals surface area contributed by atoms with Crippen LogP contribution in [0.3, 0.4) is 0 Å². The molecule has 4 nitrogen and oxygen atoms in total. The molecule has 0 aromatic heterocycles. The summed E-state index contributed by atoms with van der Waals surface area (Å²) >= 11 is 0. The molecule has 1 unspecified atom stereocenters. The zero-order valence-electron chi connectivity index (χ0n) is 9.01. The fraction of sp³-hybridized carbons (Fsp3) is 0.231. The monoisotopic (exact) mass is 226 g/mol. The van der Waals surface area contributed by atoms with Crippen LogP contribution in [0, 0.1) is 22.7 Å². The Balaban J connectivity index is 2.71. The number of allylic oxidation sites excluding steroid dienone is 2. The van der Waals surface area contributed by atoms with Crippen LogP contribution in [0.1, 0.15) is 35.4 Å². The van der Waals surface area contributed by atoms with Crippen molar-refractivity contribution in [3.63, 3.8) is 0 Å². The Labute approximate surface area is 98.7 Å². The fourth-order valence-electron chi connectivity index (χ4n) is 2.14. The molecule has 1 aromatic rings. The van der Waals surface area contributed by atoms with E-state index in [0.717, 1.165) is 12.8 Å². The molecule has 0 saturated carbocycles. The van der Waals surface area contributed by atoms with Crippen molar-refractivity contribution in [2.45, 2.75) is 18.8 Å². The normalized spacial score (nSPS) is 17.6. The zero-order chi connectivity index (χ0) is 12.4. The smallest absolute Gasteiger partial charge is 0.175 e. The fourth-order valence-corrected chi connectivity index (χ4v) is 2.14. The van der Waals surface area contributed by atoms with Crippen LogP contribution in [0.5, 0.6) is 11.5 Å². The van der Waals surface area contributed by atoms with Gasteiger partial charge in [-0.15, -0.1) is 0 Å². The minimum absolute atomic E-state index is 0.00176. The van der Waals surface area contributed by atoms with Gasteiger partial charge in [0, 0.05) is 12.0 Å². The largest absolute Gasteiger partial charge is 0.504 e. The molecular weight excluding hydrogens is 216 g/mol. The quantitative estimate of drug-likeness (QED) is 0.568. The highest BCUT2D eigenvalue weighted by Gasteiger charge is 2.24. The lowest BCUT2D eigenvalue weighted by molar-refractivity contribution is 0.401. The SMILES string of the molecule is N#Cc1cc(O)c(O)c(C#N)c1C1C=CCC1. The second-order valence-corrected chi connectivity index (χ2v) is 3.92. The van der Waals surface area contributed by atoms with Crippen LogP contribution in [0.4, 0.5) is 0 Å². The van der Waals surface area contributed by atoms with E-state index in [1.807, 2.05) is 24.3 Å². The van der Waals surface area contributed by atoms with Crippen LogP contribution in [0.2, 0.25) is 0 Å². The van der Waals surface area contributed by atoms with E-state index in [2.05, 4.69) is 0 Å². The van der Waals surface area contributed by atoms with Gasteiger partial charge >= 0.3 is 0 Å². The van der Waals surface area contributed by atoms with Crippen LogP contribution in [-0.2, 0) is 0 Å². The molecule has 84 valence electrons. The summed E-state index contributed by atoms with van der Waals surface area (Å²) in [6, 6.07) is 5.03. The Hall–Kier alpha value is -2.46. The summed E-state index contributed by atoms with van der Waals surface area (Å²) in [6.07, 6.45) is 5.61. The minimum Gasteiger partial charge on any atom is -0.504 e. The third kappa shape index (κ3) is 1.70. The van der Waals surface area contributed by atoms with Crippen molar-refractivity contribution in [3.8, 4) is 23.6 Å². The van der Waals surface area contributed by atoms with E-state index >= 15 is 0 Å². The van der Waals surface area contributed by atoms with Gasteiger partial charge in [-0.1, -0.05) is 12.2 Å². The van der Waals surface area contributed by atoms with E-state index < -0.39 is 11.5 Å². The van der Waals surface area contributed by atoms with Crippen LogP contribution in [-0.4, -0.2) is 10.2 Å². The van der Waals surface area contributed by atoms with Crippen molar-refractivity contribution >= 4 is 0 Å². The first-order valence-electron chi connectivity index (χ1n) is 5.24. The number of nitrogens with zero attached hydrogens (tertiary/aromatic N) is 2. The minimum atomic E-state index is -0.443. The molecule has 0 heterocycles. The van der Waals surface area contributed by atoms with E-state index in [-0.39, 0.29) is 17.0 Å². The third-order valence-corrected chi connectivity index (χ3v) is 2.94. The Morgan fingerprint density at radius 2 is 2.00 bits per heavy atom. The Kier molecular flexibility index (Phi) is 2.72. The molecule has 2 N–H and O–H groups in total. The summed E-state index contributed by atoms with van der Waals surface area (Å²) in [5.41, 5.74) is 0.755. The lowest BCUT2D eigenvalue weighted by Crippen LogP contribution is -2.00. The first-order valence-corrected chi connectivity index (χ1v) is 5.24. The Bertz CT molecular complexity index is 577. The van der Waals surface area contributed by atoms with Crippen molar-refractivity contribution in [3.05, 3.63) is 34.9 Å². The molecule has 0 bridgehead atoms. The average molecular weight is 226 g/mol. The average Bonchev–Trinajstić information content (AvgIpc) is 2.85. The van der Waals surface area contributed by atoms with E-state index in [0.29, 0.717) is 5.56 Å². The second-order valence-electron chi connectivity index (χ2n) is 3.92. The van der Waals surface area contributed by atoms with Gasteiger partial charge < -0.3 is 10.2 Å². The van der Waals surface area contributed by atoms with Crippen molar-refractivity contribution in [2.75, 3.05) is 0 Å². The molecule has 1 atom stereocenters. The first kappa shape index (κ1) is 11.0. The van der Waals surface area contributed by atoms with Gasteiger partial charge in [0.15, 0.2) is 11.5 Å². The lowest BCUT2D eigenvalue weighted by Gasteiger charge is -2.14. The number of benzene rings is 1. The van der Waals surface area contributed by atoms with Gasteiger partial charge in [0.1, 0.15) is 11.6 Å². The molecule has 0 aliphatic heterocycles. The first-order chi connectivity index (χ1) is 8.19. The van der Waals surface area contributed by atoms with Gasteiger partial charge in [-0.2, -0.15) is 10.5 Å². The van der Waals surface area contributed by atoms with Crippen molar-refractivity contribution in [1.82, 2.24) is 0 Å². The molecule has 0 amide bonds. The van der Waals surface area contributed by atoms with E-state index in [4.69, 9.17) is 10.5 Å². The summed E-state index contributed by atoms with van der Waals surface area (Å²) in [4.78, 5) is 0. The van der Waals surface area contributed by atoms with E-state index in [1.165, 1.54) is 6.07 Å². The van der Waals surface area contributed by atoms with Gasteiger partial charge in [0.25, 0.3) is 0 Å². The number of hydrogen-bond acceptors (Lipinski definition) is 4. The molecule has 17 heavy (non-hydrogen) atoms. The summed E-state index contributed by atoms with van der Waals surface area (Å²) in [7, 11) is 0. The maximum absolute atomic E-state index is 9.65. The molecular formula is C13H10N2O2. The van der Waals surface area contributed by atoms with Gasteiger partial charge in [-0.05, 0) is 18.4 Å². The predicted molar refractivity (Wildman–Crippen MR) is 60.3 cm³/mol. The van der Waals surface area contributed by atoms with Crippen LogP contribution >= 0.6 is 0 Å². The van der Waals surface area contributed by atoms with Crippen LogP contribution in [0.15, 0.2) is 18.2 Å². The molecule has 0 spiro atoms. The summed E-state index contributed by atoms with van der Waals surface area (Å²) in [5, 5.41) is 37.2. The molecule has 1 aliphatic rings. The number of phenols is 2. The van der Waals surface area contributed by atoms with Gasteiger partial charge in [-0.3, -0.25) is 0 Å². The molecule has 0 radical (unpaired) electrons. The summed E-state index contributed by atoms with van der Waals surface area (Å²) in [5.74, 6) is -0.906. The standard InChI is InChI=1S/C13H10N2O2/c14-6-9-5-11(16)13(17)10(7-15)12(9)8-3-1-2-4-8/h1,3,5,8,16-17H,2,4H2. The van der Waals surface area contributed by atoms with Gasteiger partial charge in [0.2, 0.25) is 0 Å². The van der Waals surface area contributed by atoms with E-state index in [1.54, 1.807) is 0 Å². The number of hydrogen-bond donors (Lipinski definition) is 2. The Morgan fingerprint density at radius 1 is 1.24 bits per heavy atom. The highest BCUT2D eigenvalue weighted by molar-refractivity contribution is 5.63. The topological polar surface area (TPSA) is 88.0 Å². The zero-order valence-corrected chi connectivity index (χ0v) is 9.01. The van der Waals surface area contributed by atoms with Crippen molar-refractivity contribution < 1.29 is 10.2 Å². The highest BCUT2D eigenvalue weighted by atomic mass is 16.3. The number of nitriles is 2. The van der Waals surface area contributed by atoms with Crippen molar-refractivity contribution in [2.24, 2.45) is 0 Å². The molecule has 4 heteroatoms. The van der Waals surface area contributed by atoms with E-state index in [9.17, 15) is 10.2 Å². The molecule has 0 saturated heterocycles. The predicted octanol–water partition coefficient (Wildman–Crippen LogP) is 2.27. The molecule has 2 rings (SSSR count). The molecule has 1 aliphatic carbocycles. The maximum atomic E-state index is 9.65.